The molecule has 0 bridgehead atoms. The van der Waals surface area contributed by atoms with Gasteiger partial charge in [0.25, 0.3) is 0 Å². The first kappa shape index (κ1) is 26.4. The first-order chi connectivity index (χ1) is 13.5. The molecule has 0 saturated carbocycles. The summed E-state index contributed by atoms with van der Waals surface area (Å²) in [5.74, 6) is 0.565. The minimum Gasteiger partial charge on any atom is -0.352 e. The molecule has 166 valence electrons. The maximum atomic E-state index is 12.6. The molecule has 30 heavy (non-hydrogen) atoms. The van der Waals surface area contributed by atoms with Gasteiger partial charge in [0, 0.05) is 19.1 Å². The number of nitrogens with one attached hydrogen (secondary N) is 1. The van der Waals surface area contributed by atoms with Gasteiger partial charge in [-0.05, 0) is 48.5 Å². The van der Waals surface area contributed by atoms with Crippen molar-refractivity contribution >= 4 is 30.7 Å². The number of rotatable bonds is 7. The van der Waals surface area contributed by atoms with Crippen molar-refractivity contribution in [2.24, 2.45) is 17.6 Å². The van der Waals surface area contributed by atoms with E-state index in [0.717, 1.165) is 23.6 Å². The molecule has 1 fully saturated rings. The van der Waals surface area contributed by atoms with Crippen LogP contribution in [-0.2, 0) is 17.9 Å². The van der Waals surface area contributed by atoms with Gasteiger partial charge in [0.1, 0.15) is 0 Å². The fourth-order valence-corrected chi connectivity index (χ4v) is 3.79. The molecular weight excluding hydrogens is 417 g/mol. The van der Waals surface area contributed by atoms with Crippen LogP contribution in [-0.4, -0.2) is 23.9 Å². The normalized spacial score (nSPS) is 16.6. The molecule has 1 saturated heterocycles. The molecular formula is C24H35Cl2N3O. The average molecular weight is 452 g/mol. The molecule has 1 aliphatic heterocycles. The third kappa shape index (κ3) is 7.59. The van der Waals surface area contributed by atoms with E-state index in [-0.39, 0.29) is 42.7 Å². The van der Waals surface area contributed by atoms with E-state index in [0.29, 0.717) is 6.54 Å². The molecule has 6 heteroatoms. The Kier molecular flexibility index (Phi) is 11.4. The van der Waals surface area contributed by atoms with Gasteiger partial charge in [0.15, 0.2) is 0 Å². The topological polar surface area (TPSA) is 58.4 Å². The molecule has 0 aliphatic carbocycles. The number of carbonyl (C=O) groups excluding carboxylic acids is 1. The van der Waals surface area contributed by atoms with Gasteiger partial charge >= 0.3 is 0 Å². The van der Waals surface area contributed by atoms with Crippen molar-refractivity contribution in [2.75, 3.05) is 13.1 Å². The highest BCUT2D eigenvalue weighted by molar-refractivity contribution is 5.85. The van der Waals surface area contributed by atoms with Gasteiger partial charge in [-0.3, -0.25) is 9.69 Å². The van der Waals surface area contributed by atoms with Crippen LogP contribution in [0.4, 0.5) is 0 Å². The third-order valence-corrected chi connectivity index (χ3v) is 5.88. The van der Waals surface area contributed by atoms with Gasteiger partial charge in [-0.2, -0.15) is 0 Å². The summed E-state index contributed by atoms with van der Waals surface area (Å²) in [6.45, 7) is 8.11. The molecule has 1 amide bonds. The molecule has 3 N–H and O–H groups in total. The Morgan fingerprint density at radius 1 is 1.07 bits per heavy atom. The average Bonchev–Trinajstić information content (AvgIpc) is 2.73. The van der Waals surface area contributed by atoms with Crippen molar-refractivity contribution in [2.45, 2.75) is 45.8 Å². The van der Waals surface area contributed by atoms with Crippen molar-refractivity contribution in [3.8, 4) is 0 Å². The van der Waals surface area contributed by atoms with Crippen molar-refractivity contribution in [1.82, 2.24) is 10.2 Å². The highest BCUT2D eigenvalue weighted by atomic mass is 35.5. The largest absolute Gasteiger partial charge is 0.352 e. The Balaban J connectivity index is 0.00000225. The number of amides is 1. The molecule has 1 heterocycles. The maximum absolute atomic E-state index is 12.6. The van der Waals surface area contributed by atoms with E-state index in [1.54, 1.807) is 0 Å². The molecule has 2 atom stereocenters. The van der Waals surface area contributed by atoms with Crippen LogP contribution in [0, 0.1) is 11.8 Å². The van der Waals surface area contributed by atoms with E-state index in [1.165, 1.54) is 31.5 Å². The van der Waals surface area contributed by atoms with Crippen LogP contribution in [0.15, 0.2) is 54.6 Å². The van der Waals surface area contributed by atoms with Gasteiger partial charge < -0.3 is 11.1 Å². The SMILES string of the molecule is CC1CCN(Cc2cccc(CNC(=O)C(C)C(N)c3ccccc3)c2)CC1.Cl.Cl. The minimum absolute atomic E-state index is 0. The van der Waals surface area contributed by atoms with Crippen LogP contribution in [0.5, 0.6) is 0 Å². The molecule has 0 radical (unpaired) electrons. The lowest BCUT2D eigenvalue weighted by Gasteiger charge is -2.30. The van der Waals surface area contributed by atoms with Gasteiger partial charge in [-0.15, -0.1) is 24.8 Å². The van der Waals surface area contributed by atoms with E-state index < -0.39 is 0 Å². The second kappa shape index (κ2) is 13.0. The lowest BCUT2D eigenvalue weighted by atomic mass is 9.94. The van der Waals surface area contributed by atoms with Crippen LogP contribution in [0.1, 0.15) is 49.4 Å². The summed E-state index contributed by atoms with van der Waals surface area (Å²) in [6.07, 6.45) is 2.57. The minimum atomic E-state index is -0.297. The Bertz CT molecular complexity index is 764. The van der Waals surface area contributed by atoms with Crippen LogP contribution >= 0.6 is 24.8 Å². The van der Waals surface area contributed by atoms with E-state index in [4.69, 9.17) is 5.73 Å². The maximum Gasteiger partial charge on any atom is 0.225 e. The predicted octanol–water partition coefficient (Wildman–Crippen LogP) is 4.71. The quantitative estimate of drug-likeness (QED) is 0.640. The number of nitrogens with two attached hydrogens (primary N) is 1. The first-order valence-corrected chi connectivity index (χ1v) is 10.4. The fourth-order valence-electron chi connectivity index (χ4n) is 3.79. The van der Waals surface area contributed by atoms with E-state index in [9.17, 15) is 4.79 Å². The number of benzene rings is 2. The van der Waals surface area contributed by atoms with Gasteiger partial charge in [-0.25, -0.2) is 0 Å². The standard InChI is InChI=1S/C24H33N3O.2ClH/c1-18-11-13-27(14-12-18)17-21-8-6-7-20(15-21)16-26-24(28)19(2)23(25)22-9-4-3-5-10-22;;/h3-10,15,18-19,23H,11-14,16-17,25H2,1-2H3,(H,26,28);2*1H. The number of hydrogen-bond donors (Lipinski definition) is 2. The van der Waals surface area contributed by atoms with Crippen molar-refractivity contribution in [1.29, 1.82) is 0 Å². The van der Waals surface area contributed by atoms with Crippen LogP contribution in [0.3, 0.4) is 0 Å². The van der Waals surface area contributed by atoms with Crippen LogP contribution in [0.25, 0.3) is 0 Å². The smallest absolute Gasteiger partial charge is 0.225 e. The fraction of sp³-hybridized carbons (Fsp3) is 0.458. The highest BCUT2D eigenvalue weighted by Gasteiger charge is 2.22. The number of halogens is 2. The summed E-state index contributed by atoms with van der Waals surface area (Å²) in [4.78, 5) is 15.1. The zero-order chi connectivity index (χ0) is 19.9. The highest BCUT2D eigenvalue weighted by Crippen LogP contribution is 2.20. The number of piperidine rings is 1. The Morgan fingerprint density at radius 2 is 1.70 bits per heavy atom. The van der Waals surface area contributed by atoms with E-state index in [1.807, 2.05) is 37.3 Å². The molecule has 3 rings (SSSR count). The summed E-state index contributed by atoms with van der Waals surface area (Å²) in [5.41, 5.74) is 9.72. The lowest BCUT2D eigenvalue weighted by Crippen LogP contribution is -2.35. The second-order valence-corrected chi connectivity index (χ2v) is 8.22. The zero-order valence-electron chi connectivity index (χ0n) is 17.9. The summed E-state index contributed by atoms with van der Waals surface area (Å²) in [6, 6.07) is 18.1. The van der Waals surface area contributed by atoms with Gasteiger partial charge in [0.05, 0.1) is 5.92 Å². The number of hydrogen-bond acceptors (Lipinski definition) is 3. The van der Waals surface area contributed by atoms with E-state index in [2.05, 4.69) is 41.4 Å². The molecule has 4 nitrogen and oxygen atoms in total. The zero-order valence-corrected chi connectivity index (χ0v) is 19.6. The molecule has 1 aliphatic rings. The van der Waals surface area contributed by atoms with Gasteiger partial charge in [0.2, 0.25) is 5.91 Å². The van der Waals surface area contributed by atoms with E-state index >= 15 is 0 Å². The summed E-state index contributed by atoms with van der Waals surface area (Å²) in [7, 11) is 0. The summed E-state index contributed by atoms with van der Waals surface area (Å²) < 4.78 is 0. The molecule has 0 aromatic heterocycles. The predicted molar refractivity (Wildman–Crippen MR) is 129 cm³/mol. The first-order valence-electron chi connectivity index (χ1n) is 10.4. The second-order valence-electron chi connectivity index (χ2n) is 8.22. The Labute approximate surface area is 193 Å². The Hall–Kier alpha value is -1.59. The van der Waals surface area contributed by atoms with Crippen molar-refractivity contribution in [3.63, 3.8) is 0 Å². The van der Waals surface area contributed by atoms with Crippen molar-refractivity contribution in [3.05, 3.63) is 71.3 Å². The Morgan fingerprint density at radius 3 is 2.37 bits per heavy atom. The monoisotopic (exact) mass is 451 g/mol. The number of carbonyl (C=O) groups is 1. The van der Waals surface area contributed by atoms with Crippen LogP contribution < -0.4 is 11.1 Å². The van der Waals surface area contributed by atoms with Crippen molar-refractivity contribution < 1.29 is 4.79 Å². The number of likely N-dealkylation sites (tertiary alicyclic amines) is 1. The van der Waals surface area contributed by atoms with Gasteiger partial charge in [-0.1, -0.05) is 68.4 Å². The lowest BCUT2D eigenvalue weighted by molar-refractivity contribution is -0.125. The summed E-state index contributed by atoms with van der Waals surface area (Å²) >= 11 is 0. The number of nitrogens with zero attached hydrogens (tertiary/aromatic N) is 1. The molecule has 2 unspecified atom stereocenters. The third-order valence-electron chi connectivity index (χ3n) is 5.88. The molecule has 2 aromatic carbocycles. The summed E-state index contributed by atoms with van der Waals surface area (Å²) in [5, 5.41) is 3.05. The molecule has 0 spiro atoms. The molecule has 2 aromatic rings. The van der Waals surface area contributed by atoms with Crippen LogP contribution in [0.2, 0.25) is 0 Å².